The number of aromatic hydroxyl groups is 2. The minimum atomic E-state index is -1.78. The van der Waals surface area contributed by atoms with E-state index in [-0.39, 0.29) is 34.0 Å². The monoisotopic (exact) mass is 608 g/mol. The number of methoxy groups -OCH3 is 1. The molecule has 43 heavy (non-hydrogen) atoms. The molecule has 2 aromatic carbocycles. The molecule has 8 N–H and O–H groups in total. The Bertz CT molecular complexity index is 1510. The molecule has 15 nitrogen and oxygen atoms in total. The van der Waals surface area contributed by atoms with Gasteiger partial charge in [0.05, 0.1) is 19.8 Å². The van der Waals surface area contributed by atoms with Gasteiger partial charge in [-0.3, -0.25) is 4.79 Å². The summed E-state index contributed by atoms with van der Waals surface area (Å²) in [5, 5.41) is 82.0. The van der Waals surface area contributed by atoms with Crippen LogP contribution in [0.3, 0.4) is 0 Å². The highest BCUT2D eigenvalue weighted by Crippen LogP contribution is 2.35. The summed E-state index contributed by atoms with van der Waals surface area (Å²) >= 11 is 0. The van der Waals surface area contributed by atoms with E-state index in [1.54, 1.807) is 6.07 Å². The van der Waals surface area contributed by atoms with Crippen molar-refractivity contribution in [2.75, 3.05) is 13.7 Å². The molecule has 10 atom stereocenters. The third-order valence-corrected chi connectivity index (χ3v) is 7.40. The van der Waals surface area contributed by atoms with Gasteiger partial charge in [-0.15, -0.1) is 0 Å². The van der Waals surface area contributed by atoms with Gasteiger partial charge in [0.1, 0.15) is 71.0 Å². The maximum Gasteiger partial charge on any atom is 0.229 e. The van der Waals surface area contributed by atoms with Crippen LogP contribution < -0.4 is 14.9 Å². The van der Waals surface area contributed by atoms with Crippen molar-refractivity contribution in [3.05, 3.63) is 46.6 Å². The highest BCUT2D eigenvalue weighted by atomic mass is 16.7. The van der Waals surface area contributed by atoms with Gasteiger partial charge in [0.15, 0.2) is 23.2 Å². The third-order valence-electron chi connectivity index (χ3n) is 7.40. The predicted molar refractivity (Wildman–Crippen MR) is 143 cm³/mol. The summed E-state index contributed by atoms with van der Waals surface area (Å²) in [5.74, 6) is -0.605. The van der Waals surface area contributed by atoms with E-state index in [9.17, 15) is 45.6 Å². The first kappa shape index (κ1) is 30.9. The second-order valence-electron chi connectivity index (χ2n) is 10.3. The van der Waals surface area contributed by atoms with Crippen molar-refractivity contribution in [2.24, 2.45) is 0 Å². The van der Waals surface area contributed by atoms with Crippen LogP contribution in [0.1, 0.15) is 6.92 Å². The Morgan fingerprint density at radius 2 is 1.49 bits per heavy atom. The number of rotatable bonds is 7. The molecule has 15 heteroatoms. The summed E-state index contributed by atoms with van der Waals surface area (Å²) in [7, 11) is 1.38. The van der Waals surface area contributed by atoms with Gasteiger partial charge in [-0.05, 0) is 25.1 Å². The Kier molecular flexibility index (Phi) is 8.80. The van der Waals surface area contributed by atoms with Gasteiger partial charge in [-0.2, -0.15) is 0 Å². The second kappa shape index (κ2) is 12.2. The molecule has 2 saturated heterocycles. The number of aliphatic hydroxyl groups is 6. The first-order chi connectivity index (χ1) is 20.4. The van der Waals surface area contributed by atoms with Crippen LogP contribution in [0.25, 0.3) is 22.3 Å². The molecule has 3 aromatic rings. The number of hydrogen-bond donors (Lipinski definition) is 8. The van der Waals surface area contributed by atoms with Crippen LogP contribution in [-0.4, -0.2) is 116 Å². The first-order valence-corrected chi connectivity index (χ1v) is 13.3. The van der Waals surface area contributed by atoms with Crippen LogP contribution in [0.4, 0.5) is 0 Å². The van der Waals surface area contributed by atoms with Crippen LogP contribution in [0.2, 0.25) is 0 Å². The van der Waals surface area contributed by atoms with Gasteiger partial charge < -0.3 is 69.0 Å². The van der Waals surface area contributed by atoms with E-state index in [0.29, 0.717) is 5.56 Å². The van der Waals surface area contributed by atoms with Crippen LogP contribution >= 0.6 is 0 Å². The average molecular weight is 609 g/mol. The number of phenolic OH excluding ortho intramolecular Hbond substituents is 2. The van der Waals surface area contributed by atoms with E-state index in [1.165, 1.54) is 32.2 Å². The summed E-state index contributed by atoms with van der Waals surface area (Å²) in [6, 6.07) is 7.78. The van der Waals surface area contributed by atoms with Gasteiger partial charge in [0.25, 0.3) is 0 Å². The smallest absolute Gasteiger partial charge is 0.229 e. The number of aliphatic hydroxyl groups excluding tert-OH is 6. The Morgan fingerprint density at radius 1 is 0.791 bits per heavy atom. The van der Waals surface area contributed by atoms with Gasteiger partial charge in [-0.1, -0.05) is 0 Å². The molecule has 234 valence electrons. The summed E-state index contributed by atoms with van der Waals surface area (Å²) in [6.07, 6.45) is -15.0. The van der Waals surface area contributed by atoms with Crippen LogP contribution in [0.15, 0.2) is 45.6 Å². The van der Waals surface area contributed by atoms with Crippen molar-refractivity contribution in [1.82, 2.24) is 0 Å². The fourth-order valence-electron chi connectivity index (χ4n) is 4.92. The number of hydrogen-bond acceptors (Lipinski definition) is 15. The maximum atomic E-state index is 12.8. The molecule has 0 unspecified atom stereocenters. The van der Waals surface area contributed by atoms with Gasteiger partial charge in [-0.25, -0.2) is 0 Å². The summed E-state index contributed by atoms with van der Waals surface area (Å²) in [4.78, 5) is 12.8. The van der Waals surface area contributed by atoms with Gasteiger partial charge in [0, 0.05) is 23.8 Å². The highest BCUT2D eigenvalue weighted by molar-refractivity contribution is 5.86. The molecule has 0 bridgehead atoms. The molecule has 0 radical (unpaired) electrons. The molecule has 5 rings (SSSR count). The quantitative estimate of drug-likeness (QED) is 0.159. The second-order valence-corrected chi connectivity index (χ2v) is 10.3. The third kappa shape index (κ3) is 5.99. The van der Waals surface area contributed by atoms with Crippen molar-refractivity contribution in [3.8, 4) is 34.3 Å². The van der Waals surface area contributed by atoms with E-state index < -0.39 is 79.2 Å². The molecule has 0 spiro atoms. The fraction of sp³-hybridized carbons (Fsp3) is 0.464. The lowest BCUT2D eigenvalue weighted by atomic mass is 9.98. The van der Waals surface area contributed by atoms with E-state index in [1.807, 2.05) is 0 Å². The van der Waals surface area contributed by atoms with E-state index in [0.717, 1.165) is 12.1 Å². The normalized spacial score (nSPS) is 32.9. The standard InChI is InChI=1S/C28H32O15/c1-10-21(32)23(34)25(36)27(40-10)39-9-19-22(33)24(35)26(37)28(43-19)41-12-6-14(30)20-15(31)8-17(42-18(20)7-12)11-3-4-16(38-2)13(29)5-11/h3-8,10,19,21-30,32-37H,9H2,1-2H3/t10-,19+,21+,22-,23-,24-,25-,26-,27+,28+/m0/s1. The zero-order chi connectivity index (χ0) is 31.2. The minimum absolute atomic E-state index is 0.0517. The Labute approximate surface area is 243 Å². The zero-order valence-corrected chi connectivity index (χ0v) is 22.9. The van der Waals surface area contributed by atoms with Crippen molar-refractivity contribution in [1.29, 1.82) is 0 Å². The van der Waals surface area contributed by atoms with Crippen molar-refractivity contribution in [3.63, 3.8) is 0 Å². The summed E-state index contributed by atoms with van der Waals surface area (Å²) < 4.78 is 32.9. The van der Waals surface area contributed by atoms with Crippen molar-refractivity contribution >= 4 is 11.0 Å². The molecule has 3 heterocycles. The van der Waals surface area contributed by atoms with Crippen molar-refractivity contribution < 1.29 is 69.0 Å². The first-order valence-electron chi connectivity index (χ1n) is 13.3. The van der Waals surface area contributed by atoms with Crippen LogP contribution in [0, 0.1) is 0 Å². The number of fused-ring (bicyclic) bond motifs is 1. The van der Waals surface area contributed by atoms with Crippen LogP contribution in [0.5, 0.6) is 23.0 Å². The Morgan fingerprint density at radius 3 is 2.19 bits per heavy atom. The molecule has 0 saturated carbocycles. The molecule has 2 fully saturated rings. The SMILES string of the molecule is COc1ccc(-c2cc(=O)c3c(O)cc(O[C@@H]4O[C@H](CO[C@@H]5O[C@@H](C)[C@@H](O)[C@H](O)[C@@H]5O)[C@H](O)[C@H](O)[C@@H]4O)cc3o2)cc1O. The maximum absolute atomic E-state index is 12.8. The zero-order valence-electron chi connectivity index (χ0n) is 22.9. The number of ether oxygens (including phenoxy) is 5. The summed E-state index contributed by atoms with van der Waals surface area (Å²) in [6.45, 7) is 0.953. The highest BCUT2D eigenvalue weighted by Gasteiger charge is 2.47. The number of phenols is 2. The van der Waals surface area contributed by atoms with Gasteiger partial charge >= 0.3 is 0 Å². The Balaban J connectivity index is 1.36. The molecule has 0 amide bonds. The topological polar surface area (TPSA) is 238 Å². The van der Waals surface area contributed by atoms with Gasteiger partial charge in [0.2, 0.25) is 6.29 Å². The fourth-order valence-corrected chi connectivity index (χ4v) is 4.92. The molecular weight excluding hydrogens is 576 g/mol. The van der Waals surface area contributed by atoms with Crippen LogP contribution in [-0.2, 0) is 14.2 Å². The molecular formula is C28H32O15. The average Bonchev–Trinajstić information content (AvgIpc) is 2.97. The van der Waals surface area contributed by atoms with E-state index in [4.69, 9.17) is 28.1 Å². The molecule has 2 aliphatic heterocycles. The number of benzene rings is 2. The largest absolute Gasteiger partial charge is 0.507 e. The predicted octanol–water partition coefficient (Wildman–Crippen LogP) is -1.09. The minimum Gasteiger partial charge on any atom is -0.507 e. The van der Waals surface area contributed by atoms with E-state index in [2.05, 4.69) is 0 Å². The van der Waals surface area contributed by atoms with E-state index >= 15 is 0 Å². The lowest BCUT2D eigenvalue weighted by molar-refractivity contribution is -0.318. The molecule has 0 aliphatic carbocycles. The molecule has 2 aliphatic rings. The summed E-state index contributed by atoms with van der Waals surface area (Å²) in [5.41, 5.74) is -0.381. The molecule has 1 aromatic heterocycles. The lowest BCUT2D eigenvalue weighted by Gasteiger charge is -2.42. The lowest BCUT2D eigenvalue weighted by Crippen LogP contribution is -2.61. The van der Waals surface area contributed by atoms with Crippen molar-refractivity contribution in [2.45, 2.75) is 68.3 Å². The Hall–Kier alpha value is -3.51.